The first-order chi connectivity index (χ1) is 10.3. The number of fused-ring (bicyclic) bond motifs is 1. The van der Waals surface area contributed by atoms with E-state index < -0.39 is 0 Å². The Labute approximate surface area is 128 Å². The molecular weight excluding hydrogens is 280 g/mol. The molecule has 5 heteroatoms. The van der Waals surface area contributed by atoms with E-state index in [0.29, 0.717) is 17.7 Å². The smallest absolute Gasteiger partial charge is 0.293 e. The summed E-state index contributed by atoms with van der Waals surface area (Å²) in [5, 5.41) is 11.3. The fourth-order valence-electron chi connectivity index (χ4n) is 3.29. The molecule has 1 heterocycles. The van der Waals surface area contributed by atoms with E-state index >= 15 is 0 Å². The maximum atomic E-state index is 12.4. The lowest BCUT2D eigenvalue weighted by Gasteiger charge is -2.29. The van der Waals surface area contributed by atoms with Gasteiger partial charge in [0.25, 0.3) is 5.69 Å². The lowest BCUT2D eigenvalue weighted by Crippen LogP contribution is -2.27. The van der Waals surface area contributed by atoms with Gasteiger partial charge in [-0.25, -0.2) is 0 Å². The number of aryl methyl sites for hydroxylation is 1. The molecule has 1 aromatic carbocycles. The van der Waals surface area contributed by atoms with Gasteiger partial charge in [-0.3, -0.25) is 14.9 Å². The number of carbonyl (C=O) groups excluding carboxylic acids is 1. The number of rotatable bonds is 2. The predicted octanol–water partition coefficient (Wildman–Crippen LogP) is 3.85. The van der Waals surface area contributed by atoms with Gasteiger partial charge in [-0.05, 0) is 30.9 Å². The highest BCUT2D eigenvalue weighted by atomic mass is 16.6. The van der Waals surface area contributed by atoms with Crippen molar-refractivity contribution in [3.8, 4) is 5.69 Å². The molecule has 0 atom stereocenters. The number of Topliss-reactive ketones (excluding diaryl/α,β-unsaturated/α-hetero) is 1. The zero-order chi connectivity index (χ0) is 16.1. The number of hydrogen-bond donors (Lipinski definition) is 0. The van der Waals surface area contributed by atoms with E-state index in [4.69, 9.17) is 0 Å². The molecule has 0 amide bonds. The van der Waals surface area contributed by atoms with E-state index in [1.54, 1.807) is 18.2 Å². The van der Waals surface area contributed by atoms with E-state index in [0.717, 1.165) is 17.8 Å². The van der Waals surface area contributed by atoms with Gasteiger partial charge in [-0.2, -0.15) is 0 Å². The Morgan fingerprint density at radius 3 is 2.59 bits per heavy atom. The van der Waals surface area contributed by atoms with Crippen molar-refractivity contribution in [1.29, 1.82) is 0 Å². The molecule has 0 unspecified atom stereocenters. The third kappa shape index (κ3) is 2.22. The molecule has 2 aromatic rings. The Hall–Kier alpha value is -2.43. The van der Waals surface area contributed by atoms with Gasteiger partial charge in [0.15, 0.2) is 5.78 Å². The van der Waals surface area contributed by atoms with Gasteiger partial charge in [0.1, 0.15) is 5.69 Å². The SMILES string of the molecule is Cc1cc2c(n1-c1ccccc1[N+](=O)[O-])CC(C)(C)CC2=O. The molecule has 5 nitrogen and oxygen atoms in total. The van der Waals surface area contributed by atoms with Crippen molar-refractivity contribution in [3.63, 3.8) is 0 Å². The van der Waals surface area contributed by atoms with Crippen LogP contribution in [0.1, 0.15) is 42.0 Å². The lowest BCUT2D eigenvalue weighted by molar-refractivity contribution is -0.384. The summed E-state index contributed by atoms with van der Waals surface area (Å²) in [4.78, 5) is 23.3. The van der Waals surface area contributed by atoms with Crippen LogP contribution >= 0.6 is 0 Å². The minimum Gasteiger partial charge on any atom is -0.312 e. The quantitative estimate of drug-likeness (QED) is 0.625. The number of nitro groups is 1. The number of nitrogens with zero attached hydrogens (tertiary/aromatic N) is 2. The van der Waals surface area contributed by atoms with Crippen LogP contribution in [0.3, 0.4) is 0 Å². The Kier molecular flexibility index (Phi) is 3.16. The van der Waals surface area contributed by atoms with Crippen LogP contribution in [0.2, 0.25) is 0 Å². The molecule has 22 heavy (non-hydrogen) atoms. The number of benzene rings is 1. The molecule has 0 bridgehead atoms. The second-order valence-corrected chi connectivity index (χ2v) is 6.67. The number of carbonyl (C=O) groups is 1. The number of hydrogen-bond acceptors (Lipinski definition) is 3. The monoisotopic (exact) mass is 298 g/mol. The molecule has 1 aliphatic carbocycles. The number of para-hydroxylation sites is 2. The summed E-state index contributed by atoms with van der Waals surface area (Å²) in [6.45, 7) is 6.00. The van der Waals surface area contributed by atoms with Gasteiger partial charge in [0.05, 0.1) is 4.92 Å². The molecule has 3 rings (SSSR count). The van der Waals surface area contributed by atoms with Crippen LogP contribution in [0.15, 0.2) is 30.3 Å². The van der Waals surface area contributed by atoms with Gasteiger partial charge in [-0.1, -0.05) is 26.0 Å². The van der Waals surface area contributed by atoms with Crippen molar-refractivity contribution in [2.24, 2.45) is 5.41 Å². The number of nitro benzene ring substituents is 1. The minimum atomic E-state index is -0.378. The zero-order valence-electron chi connectivity index (χ0n) is 12.9. The summed E-state index contributed by atoms with van der Waals surface area (Å²) in [6.07, 6.45) is 1.24. The van der Waals surface area contributed by atoms with Crippen LogP contribution in [0.5, 0.6) is 0 Å². The average molecular weight is 298 g/mol. The van der Waals surface area contributed by atoms with E-state index in [1.165, 1.54) is 6.07 Å². The maximum Gasteiger partial charge on any atom is 0.293 e. The van der Waals surface area contributed by atoms with Crippen LogP contribution in [0.25, 0.3) is 5.69 Å². The van der Waals surface area contributed by atoms with Gasteiger partial charge < -0.3 is 4.57 Å². The van der Waals surface area contributed by atoms with E-state index in [1.807, 2.05) is 17.6 Å². The summed E-state index contributed by atoms with van der Waals surface area (Å²) in [5.41, 5.74) is 2.89. The zero-order valence-corrected chi connectivity index (χ0v) is 12.9. The molecule has 1 aromatic heterocycles. The molecule has 0 radical (unpaired) electrons. The Balaban J connectivity index is 2.27. The molecule has 0 fully saturated rings. The van der Waals surface area contributed by atoms with Gasteiger partial charge in [0.2, 0.25) is 0 Å². The van der Waals surface area contributed by atoms with Crippen LogP contribution in [0.4, 0.5) is 5.69 Å². The second kappa shape index (κ2) is 4.80. The van der Waals surface area contributed by atoms with Crippen molar-refractivity contribution in [3.05, 3.63) is 57.4 Å². The van der Waals surface area contributed by atoms with E-state index in [-0.39, 0.29) is 21.8 Å². The van der Waals surface area contributed by atoms with E-state index in [9.17, 15) is 14.9 Å². The molecule has 0 spiro atoms. The number of ketones is 1. The third-order valence-corrected chi connectivity index (χ3v) is 4.19. The summed E-state index contributed by atoms with van der Waals surface area (Å²) in [7, 11) is 0. The fraction of sp³-hybridized carbons (Fsp3) is 0.353. The Morgan fingerprint density at radius 1 is 1.23 bits per heavy atom. The van der Waals surface area contributed by atoms with Crippen molar-refractivity contribution >= 4 is 11.5 Å². The molecule has 0 N–H and O–H groups in total. The van der Waals surface area contributed by atoms with Gasteiger partial charge in [0, 0.05) is 29.4 Å². The van der Waals surface area contributed by atoms with Gasteiger partial charge >= 0.3 is 0 Å². The normalized spacial score (nSPS) is 16.4. The highest BCUT2D eigenvalue weighted by Gasteiger charge is 2.35. The summed E-state index contributed by atoms with van der Waals surface area (Å²) in [5.74, 6) is 0.117. The maximum absolute atomic E-state index is 12.4. The topological polar surface area (TPSA) is 65.1 Å². The van der Waals surface area contributed by atoms with Gasteiger partial charge in [-0.15, -0.1) is 0 Å². The van der Waals surface area contributed by atoms with Crippen LogP contribution in [0, 0.1) is 22.5 Å². The Bertz CT molecular complexity index is 787. The van der Waals surface area contributed by atoms with E-state index in [2.05, 4.69) is 13.8 Å². The molecule has 0 saturated heterocycles. The molecule has 114 valence electrons. The van der Waals surface area contributed by atoms with Crippen molar-refractivity contribution in [2.75, 3.05) is 0 Å². The molecular formula is C17H18N2O3. The fourth-order valence-corrected chi connectivity index (χ4v) is 3.29. The largest absolute Gasteiger partial charge is 0.312 e. The first kappa shape index (κ1) is 14.5. The lowest BCUT2D eigenvalue weighted by atomic mass is 9.76. The molecule has 0 saturated carbocycles. The summed E-state index contributed by atoms with van der Waals surface area (Å²) in [6, 6.07) is 8.52. The molecule has 1 aliphatic rings. The minimum absolute atomic E-state index is 0.0554. The van der Waals surface area contributed by atoms with Crippen molar-refractivity contribution in [2.45, 2.75) is 33.6 Å². The third-order valence-electron chi connectivity index (χ3n) is 4.19. The first-order valence-electron chi connectivity index (χ1n) is 7.28. The number of aromatic nitrogens is 1. The van der Waals surface area contributed by atoms with Crippen molar-refractivity contribution < 1.29 is 9.72 Å². The first-order valence-corrected chi connectivity index (χ1v) is 7.28. The van der Waals surface area contributed by atoms with Crippen LogP contribution in [-0.2, 0) is 6.42 Å². The second-order valence-electron chi connectivity index (χ2n) is 6.67. The highest BCUT2D eigenvalue weighted by Crippen LogP contribution is 2.38. The summed E-state index contributed by atoms with van der Waals surface area (Å²) < 4.78 is 1.87. The molecule has 0 aliphatic heterocycles. The standard InChI is InChI=1S/C17H18N2O3/c1-11-8-12-15(9-17(2,3)10-16(12)20)18(11)13-6-4-5-7-14(13)19(21)22/h4-8H,9-10H2,1-3H3. The predicted molar refractivity (Wildman–Crippen MR) is 83.6 cm³/mol. The van der Waals surface area contributed by atoms with Crippen molar-refractivity contribution in [1.82, 2.24) is 4.57 Å². The highest BCUT2D eigenvalue weighted by molar-refractivity contribution is 5.99. The summed E-state index contributed by atoms with van der Waals surface area (Å²) >= 11 is 0. The van der Waals surface area contributed by atoms with Crippen LogP contribution < -0.4 is 0 Å². The average Bonchev–Trinajstić information content (AvgIpc) is 2.74. The Morgan fingerprint density at radius 2 is 1.91 bits per heavy atom. The van der Waals surface area contributed by atoms with Crippen LogP contribution in [-0.4, -0.2) is 15.3 Å².